The largest absolute Gasteiger partial charge is 0.315 e. The molecule has 0 bridgehead atoms. The molecule has 1 fully saturated rings. The van der Waals surface area contributed by atoms with Crippen molar-refractivity contribution in [3.8, 4) is 0 Å². The molecule has 0 aromatic heterocycles. The topological polar surface area (TPSA) is 24.1 Å². The highest BCUT2D eigenvalue weighted by Gasteiger charge is 2.11. The number of rotatable bonds is 7. The molecule has 16 heavy (non-hydrogen) atoms. The maximum atomic E-state index is 3.62. The van der Waals surface area contributed by atoms with Crippen molar-refractivity contribution in [1.82, 2.24) is 10.6 Å². The second-order valence-electron chi connectivity index (χ2n) is 5.31. The zero-order valence-corrected chi connectivity index (χ0v) is 11.2. The van der Waals surface area contributed by atoms with Crippen LogP contribution in [0.3, 0.4) is 0 Å². The van der Waals surface area contributed by atoms with Gasteiger partial charge in [-0.2, -0.15) is 0 Å². The summed E-state index contributed by atoms with van der Waals surface area (Å²) >= 11 is 0. The summed E-state index contributed by atoms with van der Waals surface area (Å²) in [5.41, 5.74) is 0. The standard InChI is InChI=1S/C14H30N2/c1-3-15-12-13(2)16-11-10-14-8-6-4-5-7-9-14/h13-16H,3-12H2,1-2H3. The van der Waals surface area contributed by atoms with Gasteiger partial charge in [-0.25, -0.2) is 0 Å². The molecular formula is C14H30N2. The van der Waals surface area contributed by atoms with Gasteiger partial charge in [-0.15, -0.1) is 0 Å². The van der Waals surface area contributed by atoms with Crippen molar-refractivity contribution in [2.75, 3.05) is 19.6 Å². The second-order valence-corrected chi connectivity index (χ2v) is 5.31. The van der Waals surface area contributed by atoms with Gasteiger partial charge in [0.15, 0.2) is 0 Å². The molecule has 0 aromatic rings. The van der Waals surface area contributed by atoms with E-state index in [2.05, 4.69) is 24.5 Å². The lowest BCUT2D eigenvalue weighted by atomic mass is 9.96. The fourth-order valence-corrected chi connectivity index (χ4v) is 2.62. The molecule has 1 rings (SSSR count). The van der Waals surface area contributed by atoms with E-state index in [9.17, 15) is 0 Å². The molecule has 0 spiro atoms. The van der Waals surface area contributed by atoms with Gasteiger partial charge in [-0.3, -0.25) is 0 Å². The monoisotopic (exact) mass is 226 g/mol. The van der Waals surface area contributed by atoms with Gasteiger partial charge >= 0.3 is 0 Å². The third kappa shape index (κ3) is 6.49. The van der Waals surface area contributed by atoms with Crippen molar-refractivity contribution in [3.63, 3.8) is 0 Å². The van der Waals surface area contributed by atoms with Crippen LogP contribution in [0.5, 0.6) is 0 Å². The maximum Gasteiger partial charge on any atom is 0.0164 e. The Hall–Kier alpha value is -0.0800. The van der Waals surface area contributed by atoms with Gasteiger partial charge in [0.1, 0.15) is 0 Å². The minimum Gasteiger partial charge on any atom is -0.315 e. The summed E-state index contributed by atoms with van der Waals surface area (Å²) in [6, 6.07) is 0.616. The molecule has 1 aliphatic rings. The molecule has 96 valence electrons. The smallest absolute Gasteiger partial charge is 0.0164 e. The fraction of sp³-hybridized carbons (Fsp3) is 1.00. The predicted octanol–water partition coefficient (Wildman–Crippen LogP) is 2.93. The van der Waals surface area contributed by atoms with E-state index in [1.807, 2.05) is 0 Å². The van der Waals surface area contributed by atoms with E-state index < -0.39 is 0 Å². The van der Waals surface area contributed by atoms with Crippen LogP contribution in [0.25, 0.3) is 0 Å². The summed E-state index contributed by atoms with van der Waals surface area (Å²) in [6.45, 7) is 7.82. The Bertz CT molecular complexity index is 151. The van der Waals surface area contributed by atoms with Gasteiger partial charge in [0, 0.05) is 12.6 Å². The summed E-state index contributed by atoms with van der Waals surface area (Å²) in [6.07, 6.45) is 10.2. The molecule has 0 aliphatic heterocycles. The molecule has 1 saturated carbocycles. The van der Waals surface area contributed by atoms with E-state index in [0.29, 0.717) is 6.04 Å². The molecule has 0 heterocycles. The van der Waals surface area contributed by atoms with Crippen LogP contribution in [-0.2, 0) is 0 Å². The molecule has 2 heteroatoms. The first-order valence-corrected chi connectivity index (χ1v) is 7.27. The van der Waals surface area contributed by atoms with E-state index in [1.165, 1.54) is 51.5 Å². The predicted molar refractivity (Wildman–Crippen MR) is 71.8 cm³/mol. The van der Waals surface area contributed by atoms with Crippen LogP contribution in [0.1, 0.15) is 58.8 Å². The van der Waals surface area contributed by atoms with Gasteiger partial charge in [0.25, 0.3) is 0 Å². The summed E-state index contributed by atoms with van der Waals surface area (Å²) in [7, 11) is 0. The lowest BCUT2D eigenvalue weighted by Crippen LogP contribution is -2.37. The minimum absolute atomic E-state index is 0.616. The Morgan fingerprint density at radius 3 is 2.44 bits per heavy atom. The van der Waals surface area contributed by atoms with Crippen molar-refractivity contribution in [2.24, 2.45) is 5.92 Å². The van der Waals surface area contributed by atoms with Crippen LogP contribution in [0.4, 0.5) is 0 Å². The van der Waals surface area contributed by atoms with Gasteiger partial charge < -0.3 is 10.6 Å². The lowest BCUT2D eigenvalue weighted by molar-refractivity contribution is 0.397. The van der Waals surface area contributed by atoms with E-state index >= 15 is 0 Å². The zero-order valence-electron chi connectivity index (χ0n) is 11.2. The molecular weight excluding hydrogens is 196 g/mol. The molecule has 0 saturated heterocycles. The van der Waals surface area contributed by atoms with Crippen molar-refractivity contribution in [3.05, 3.63) is 0 Å². The third-order valence-electron chi connectivity index (χ3n) is 3.72. The molecule has 0 aromatic carbocycles. The van der Waals surface area contributed by atoms with Gasteiger partial charge in [0.2, 0.25) is 0 Å². The fourth-order valence-electron chi connectivity index (χ4n) is 2.62. The first kappa shape index (κ1) is 14.0. The molecule has 0 amide bonds. The highest BCUT2D eigenvalue weighted by atomic mass is 15.0. The molecule has 0 radical (unpaired) electrons. The molecule has 2 N–H and O–H groups in total. The van der Waals surface area contributed by atoms with E-state index in [4.69, 9.17) is 0 Å². The van der Waals surface area contributed by atoms with Crippen LogP contribution in [0.15, 0.2) is 0 Å². The number of hydrogen-bond acceptors (Lipinski definition) is 2. The summed E-state index contributed by atoms with van der Waals surface area (Å²) < 4.78 is 0. The quantitative estimate of drug-likeness (QED) is 0.652. The first-order valence-electron chi connectivity index (χ1n) is 7.27. The Labute approximate surface area is 102 Å². The average molecular weight is 226 g/mol. The van der Waals surface area contributed by atoms with Gasteiger partial charge in [-0.1, -0.05) is 45.4 Å². The summed E-state index contributed by atoms with van der Waals surface area (Å²) in [5.74, 6) is 1.00. The Morgan fingerprint density at radius 2 is 1.81 bits per heavy atom. The second kappa shape index (κ2) is 9.00. The van der Waals surface area contributed by atoms with Crippen LogP contribution in [-0.4, -0.2) is 25.7 Å². The van der Waals surface area contributed by atoms with E-state index in [0.717, 1.165) is 19.0 Å². The Morgan fingerprint density at radius 1 is 1.12 bits per heavy atom. The number of hydrogen-bond donors (Lipinski definition) is 2. The number of likely N-dealkylation sites (N-methyl/N-ethyl adjacent to an activating group) is 1. The van der Waals surface area contributed by atoms with Gasteiger partial charge in [0.05, 0.1) is 0 Å². The summed E-state index contributed by atoms with van der Waals surface area (Å²) in [4.78, 5) is 0. The highest BCUT2D eigenvalue weighted by Crippen LogP contribution is 2.24. The number of nitrogens with one attached hydrogen (secondary N) is 2. The molecule has 2 nitrogen and oxygen atoms in total. The van der Waals surface area contributed by atoms with Gasteiger partial charge in [-0.05, 0) is 32.4 Å². The van der Waals surface area contributed by atoms with Crippen molar-refractivity contribution in [1.29, 1.82) is 0 Å². The summed E-state index contributed by atoms with van der Waals surface area (Å²) in [5, 5.41) is 7.01. The first-order chi connectivity index (χ1) is 7.83. The van der Waals surface area contributed by atoms with E-state index in [-0.39, 0.29) is 0 Å². The van der Waals surface area contributed by atoms with Crippen molar-refractivity contribution in [2.45, 2.75) is 64.8 Å². The van der Waals surface area contributed by atoms with Crippen LogP contribution in [0.2, 0.25) is 0 Å². The maximum absolute atomic E-state index is 3.62. The van der Waals surface area contributed by atoms with Crippen LogP contribution in [0, 0.1) is 5.92 Å². The SMILES string of the molecule is CCNCC(C)NCCC1CCCCCC1. The normalized spacial score (nSPS) is 20.6. The molecule has 1 atom stereocenters. The zero-order chi connectivity index (χ0) is 11.6. The van der Waals surface area contributed by atoms with Crippen molar-refractivity contribution < 1.29 is 0 Å². The van der Waals surface area contributed by atoms with Crippen LogP contribution >= 0.6 is 0 Å². The highest BCUT2D eigenvalue weighted by molar-refractivity contribution is 4.68. The lowest BCUT2D eigenvalue weighted by Gasteiger charge is -2.17. The minimum atomic E-state index is 0.616. The van der Waals surface area contributed by atoms with Crippen molar-refractivity contribution >= 4 is 0 Å². The Kier molecular flexibility index (Phi) is 7.87. The third-order valence-corrected chi connectivity index (χ3v) is 3.72. The Balaban J connectivity index is 2.00. The van der Waals surface area contributed by atoms with Crippen LogP contribution < -0.4 is 10.6 Å². The van der Waals surface area contributed by atoms with E-state index in [1.54, 1.807) is 0 Å². The molecule has 1 aliphatic carbocycles. The molecule has 1 unspecified atom stereocenters. The average Bonchev–Trinajstić information content (AvgIpc) is 2.55.